The third-order valence-electron chi connectivity index (χ3n) is 5.20. The molecular formula is C26H27F2N3O3. The Hall–Kier alpha value is -3.62. The van der Waals surface area contributed by atoms with Crippen molar-refractivity contribution < 1.29 is 23.5 Å². The molecule has 0 radical (unpaired) electrons. The molecule has 178 valence electrons. The van der Waals surface area contributed by atoms with Crippen molar-refractivity contribution in [1.82, 2.24) is 10.2 Å². The van der Waals surface area contributed by atoms with Crippen molar-refractivity contribution in [1.29, 1.82) is 0 Å². The fourth-order valence-electron chi connectivity index (χ4n) is 3.66. The maximum absolute atomic E-state index is 13.3. The van der Waals surface area contributed by atoms with Crippen molar-refractivity contribution in [3.63, 3.8) is 0 Å². The molecule has 0 bridgehead atoms. The Labute approximate surface area is 197 Å². The molecule has 6 nitrogen and oxygen atoms in total. The van der Waals surface area contributed by atoms with Gasteiger partial charge >= 0.3 is 0 Å². The second-order valence-electron chi connectivity index (χ2n) is 7.73. The number of amides is 2. The number of hydrogen-bond donors (Lipinski definition) is 3. The highest BCUT2D eigenvalue weighted by Crippen LogP contribution is 2.28. The molecule has 8 heteroatoms. The van der Waals surface area contributed by atoms with Gasteiger partial charge in [-0.1, -0.05) is 60.7 Å². The third-order valence-corrected chi connectivity index (χ3v) is 5.20. The van der Waals surface area contributed by atoms with Crippen molar-refractivity contribution in [2.45, 2.75) is 12.5 Å². The number of carbonyl (C=O) groups excluding carboxylic acids is 2. The van der Waals surface area contributed by atoms with Crippen molar-refractivity contribution in [3.05, 3.63) is 102 Å². The average Bonchev–Trinajstić information content (AvgIpc) is 2.85. The van der Waals surface area contributed by atoms with Crippen LogP contribution in [0.3, 0.4) is 0 Å². The molecule has 0 aliphatic heterocycles. The highest BCUT2D eigenvalue weighted by atomic mass is 19.2. The minimum absolute atomic E-state index is 0.00703. The first kappa shape index (κ1) is 25.0. The molecule has 3 aromatic rings. The van der Waals surface area contributed by atoms with Crippen LogP contribution in [-0.4, -0.2) is 48.1 Å². The molecule has 0 atom stereocenters. The van der Waals surface area contributed by atoms with Crippen LogP contribution in [0.1, 0.15) is 23.6 Å². The zero-order chi connectivity index (χ0) is 24.3. The van der Waals surface area contributed by atoms with E-state index in [1.165, 1.54) is 6.07 Å². The lowest BCUT2D eigenvalue weighted by atomic mass is 9.96. The van der Waals surface area contributed by atoms with E-state index in [0.717, 1.165) is 23.3 Å². The number of nitrogens with zero attached hydrogens (tertiary/aromatic N) is 1. The molecule has 3 aromatic carbocycles. The lowest BCUT2D eigenvalue weighted by Gasteiger charge is -2.32. The van der Waals surface area contributed by atoms with Gasteiger partial charge in [-0.25, -0.2) is 8.78 Å². The van der Waals surface area contributed by atoms with Crippen LogP contribution in [0.4, 0.5) is 14.5 Å². The molecule has 0 fully saturated rings. The van der Waals surface area contributed by atoms with E-state index < -0.39 is 17.5 Å². The van der Waals surface area contributed by atoms with E-state index in [9.17, 15) is 23.5 Å². The molecule has 0 spiro atoms. The summed E-state index contributed by atoms with van der Waals surface area (Å²) < 4.78 is 26.4. The first-order valence-corrected chi connectivity index (χ1v) is 10.9. The number of halogens is 2. The Bertz CT molecular complexity index is 1040. The number of benzene rings is 3. The van der Waals surface area contributed by atoms with Crippen LogP contribution >= 0.6 is 0 Å². The zero-order valence-corrected chi connectivity index (χ0v) is 18.6. The number of rotatable bonds is 11. The van der Waals surface area contributed by atoms with Crippen molar-refractivity contribution in [2.75, 3.05) is 31.6 Å². The molecule has 0 saturated carbocycles. The maximum atomic E-state index is 13.3. The first-order valence-electron chi connectivity index (χ1n) is 10.9. The average molecular weight is 468 g/mol. The number of anilines is 1. The van der Waals surface area contributed by atoms with Crippen molar-refractivity contribution >= 4 is 17.5 Å². The predicted octanol–water partition coefficient (Wildman–Crippen LogP) is 3.49. The lowest BCUT2D eigenvalue weighted by Crippen LogP contribution is -2.42. The van der Waals surface area contributed by atoms with Gasteiger partial charge in [-0.2, -0.15) is 0 Å². The number of aliphatic hydroxyl groups is 1. The summed E-state index contributed by atoms with van der Waals surface area (Å²) in [6.07, 6.45) is 0.472. The molecule has 0 aliphatic carbocycles. The summed E-state index contributed by atoms with van der Waals surface area (Å²) in [5.41, 5.74) is 2.09. The smallest absolute Gasteiger partial charge is 0.243 e. The number of aliphatic hydroxyl groups excluding tert-OH is 1. The Balaban J connectivity index is 1.68. The summed E-state index contributed by atoms with van der Waals surface area (Å²) >= 11 is 0. The van der Waals surface area contributed by atoms with E-state index in [4.69, 9.17) is 0 Å². The standard InChI is InChI=1S/C26H27F2N3O3/c27-22-13-12-21(16-23(22)28)30-24(33)17-29-25(34)18-31(14-7-15-32)26(19-8-3-1-4-9-19)20-10-5-2-6-11-20/h1-6,8-13,16,26,32H,7,14-15,17-18H2,(H,29,34)(H,30,33). The van der Waals surface area contributed by atoms with Gasteiger partial charge < -0.3 is 15.7 Å². The topological polar surface area (TPSA) is 81.7 Å². The van der Waals surface area contributed by atoms with E-state index >= 15 is 0 Å². The number of carbonyl (C=O) groups is 2. The van der Waals surface area contributed by atoms with Gasteiger partial charge in [0.05, 0.1) is 19.1 Å². The Morgan fingerprint density at radius 3 is 2.03 bits per heavy atom. The van der Waals surface area contributed by atoms with Crippen molar-refractivity contribution in [2.24, 2.45) is 0 Å². The van der Waals surface area contributed by atoms with Gasteiger partial charge in [-0.15, -0.1) is 0 Å². The van der Waals surface area contributed by atoms with Crippen LogP contribution < -0.4 is 10.6 Å². The van der Waals surface area contributed by atoms with E-state index in [2.05, 4.69) is 10.6 Å². The van der Waals surface area contributed by atoms with E-state index in [-0.39, 0.29) is 37.3 Å². The molecule has 0 aromatic heterocycles. The minimum Gasteiger partial charge on any atom is -0.396 e. The Morgan fingerprint density at radius 2 is 1.47 bits per heavy atom. The van der Waals surface area contributed by atoms with Gasteiger partial charge in [0.2, 0.25) is 11.8 Å². The summed E-state index contributed by atoms with van der Waals surface area (Å²) in [6.45, 7) is 0.102. The molecule has 2 amide bonds. The van der Waals surface area contributed by atoms with Gasteiger partial charge in [0.15, 0.2) is 11.6 Å². The summed E-state index contributed by atoms with van der Waals surface area (Å²) in [5, 5.41) is 14.4. The Kier molecular flexibility index (Phi) is 9.25. The zero-order valence-electron chi connectivity index (χ0n) is 18.6. The molecule has 0 heterocycles. The second-order valence-corrected chi connectivity index (χ2v) is 7.73. The monoisotopic (exact) mass is 467 g/mol. The molecule has 0 unspecified atom stereocenters. The first-order chi connectivity index (χ1) is 16.5. The SMILES string of the molecule is O=C(CN(CCCO)C(c1ccccc1)c1ccccc1)NCC(=O)Nc1ccc(F)c(F)c1. The van der Waals surface area contributed by atoms with Crippen LogP contribution in [0.25, 0.3) is 0 Å². The summed E-state index contributed by atoms with van der Waals surface area (Å²) in [5.74, 6) is -3.03. The largest absolute Gasteiger partial charge is 0.396 e. The van der Waals surface area contributed by atoms with Crippen LogP contribution in [0.5, 0.6) is 0 Å². The van der Waals surface area contributed by atoms with Gasteiger partial charge in [0.1, 0.15) is 0 Å². The van der Waals surface area contributed by atoms with Crippen LogP contribution in [0, 0.1) is 11.6 Å². The van der Waals surface area contributed by atoms with Gasteiger partial charge in [-0.3, -0.25) is 14.5 Å². The molecule has 34 heavy (non-hydrogen) atoms. The summed E-state index contributed by atoms with van der Waals surface area (Å²) in [6, 6.07) is 22.3. The highest BCUT2D eigenvalue weighted by molar-refractivity contribution is 5.94. The fourth-order valence-corrected chi connectivity index (χ4v) is 3.66. The molecule has 3 N–H and O–H groups in total. The molecule has 3 rings (SSSR count). The summed E-state index contributed by atoms with van der Waals surface area (Å²) in [4.78, 5) is 26.8. The van der Waals surface area contributed by atoms with E-state index in [1.54, 1.807) is 0 Å². The fraction of sp³-hybridized carbons (Fsp3) is 0.231. The number of nitrogens with one attached hydrogen (secondary N) is 2. The van der Waals surface area contributed by atoms with E-state index in [1.807, 2.05) is 65.6 Å². The van der Waals surface area contributed by atoms with Gasteiger partial charge in [0, 0.05) is 24.9 Å². The van der Waals surface area contributed by atoms with Crippen LogP contribution in [-0.2, 0) is 9.59 Å². The highest BCUT2D eigenvalue weighted by Gasteiger charge is 2.24. The van der Waals surface area contributed by atoms with Gasteiger partial charge in [0.25, 0.3) is 0 Å². The van der Waals surface area contributed by atoms with Crippen LogP contribution in [0.2, 0.25) is 0 Å². The predicted molar refractivity (Wildman–Crippen MR) is 126 cm³/mol. The van der Waals surface area contributed by atoms with Crippen LogP contribution in [0.15, 0.2) is 78.9 Å². The van der Waals surface area contributed by atoms with Crippen molar-refractivity contribution in [3.8, 4) is 0 Å². The Morgan fingerprint density at radius 1 is 0.853 bits per heavy atom. The third kappa shape index (κ3) is 7.19. The molecule has 0 aliphatic rings. The normalized spacial score (nSPS) is 11.0. The maximum Gasteiger partial charge on any atom is 0.243 e. The quantitative estimate of drug-likeness (QED) is 0.403. The number of hydrogen-bond acceptors (Lipinski definition) is 4. The second kappa shape index (κ2) is 12.6. The molecular weight excluding hydrogens is 440 g/mol. The molecule has 0 saturated heterocycles. The minimum atomic E-state index is -1.07. The van der Waals surface area contributed by atoms with E-state index in [0.29, 0.717) is 13.0 Å². The lowest BCUT2D eigenvalue weighted by molar-refractivity contribution is -0.125. The summed E-state index contributed by atoms with van der Waals surface area (Å²) in [7, 11) is 0. The van der Waals surface area contributed by atoms with Gasteiger partial charge in [-0.05, 0) is 29.7 Å².